The number of amides is 1. The highest BCUT2D eigenvalue weighted by molar-refractivity contribution is 8.00. The maximum atomic E-state index is 12.2. The molecule has 2 aromatic rings. The molecule has 0 heterocycles. The number of thioether (sulfide) groups is 1. The van der Waals surface area contributed by atoms with Crippen LogP contribution in [0, 0.1) is 21.4 Å². The second kappa shape index (κ2) is 8.13. The Morgan fingerprint density at radius 3 is 2.42 bits per heavy atom. The molecule has 0 spiro atoms. The van der Waals surface area contributed by atoms with Gasteiger partial charge in [0.1, 0.15) is 0 Å². The van der Waals surface area contributed by atoms with Gasteiger partial charge in [-0.25, -0.2) is 0 Å². The number of carbonyl (C=O) groups excluding carboxylic acids is 1. The summed E-state index contributed by atoms with van der Waals surface area (Å²) < 4.78 is 0. The van der Waals surface area contributed by atoms with Crippen LogP contribution in [0.5, 0.6) is 0 Å². The molecule has 122 valence electrons. The van der Waals surface area contributed by atoms with Gasteiger partial charge in [0.2, 0.25) is 5.91 Å². The van der Waals surface area contributed by atoms with E-state index in [9.17, 15) is 14.9 Å². The topological polar surface area (TPSA) is 96.0 Å². The van der Waals surface area contributed by atoms with Crippen LogP contribution in [0.15, 0.2) is 53.4 Å². The van der Waals surface area contributed by atoms with Crippen molar-refractivity contribution in [2.75, 3.05) is 5.32 Å². The van der Waals surface area contributed by atoms with E-state index in [1.54, 1.807) is 43.3 Å². The molecule has 24 heavy (non-hydrogen) atoms. The van der Waals surface area contributed by atoms with E-state index in [4.69, 9.17) is 5.26 Å². The average molecular weight is 341 g/mol. The van der Waals surface area contributed by atoms with E-state index in [1.165, 1.54) is 23.9 Å². The monoisotopic (exact) mass is 341 g/mol. The molecule has 2 aromatic carbocycles. The molecule has 0 radical (unpaired) electrons. The molecule has 0 aromatic heterocycles. The van der Waals surface area contributed by atoms with E-state index >= 15 is 0 Å². The third-order valence-electron chi connectivity index (χ3n) is 3.23. The van der Waals surface area contributed by atoms with Crippen molar-refractivity contribution in [2.24, 2.45) is 0 Å². The molecule has 0 unspecified atom stereocenters. The van der Waals surface area contributed by atoms with Crippen LogP contribution in [-0.2, 0) is 11.2 Å². The van der Waals surface area contributed by atoms with Crippen LogP contribution < -0.4 is 5.32 Å². The number of hydrogen-bond donors (Lipinski definition) is 1. The number of anilines is 1. The van der Waals surface area contributed by atoms with Gasteiger partial charge in [0.15, 0.2) is 0 Å². The van der Waals surface area contributed by atoms with Gasteiger partial charge in [-0.2, -0.15) is 5.26 Å². The zero-order valence-electron chi connectivity index (χ0n) is 12.9. The lowest BCUT2D eigenvalue weighted by Gasteiger charge is -2.12. The minimum atomic E-state index is -0.458. The molecule has 6 nitrogen and oxygen atoms in total. The summed E-state index contributed by atoms with van der Waals surface area (Å²) in [4.78, 5) is 23.2. The largest absolute Gasteiger partial charge is 0.325 e. The minimum Gasteiger partial charge on any atom is -0.325 e. The highest BCUT2D eigenvalue weighted by atomic mass is 32.2. The van der Waals surface area contributed by atoms with Crippen molar-refractivity contribution in [1.82, 2.24) is 0 Å². The predicted molar refractivity (Wildman–Crippen MR) is 92.8 cm³/mol. The number of nitrogens with one attached hydrogen (secondary N) is 1. The van der Waals surface area contributed by atoms with E-state index in [0.717, 1.165) is 10.5 Å². The highest BCUT2D eigenvalue weighted by Crippen LogP contribution is 2.26. The lowest BCUT2D eigenvalue weighted by Crippen LogP contribution is -2.22. The van der Waals surface area contributed by atoms with Crippen LogP contribution in [0.3, 0.4) is 0 Å². The predicted octanol–water partition coefficient (Wildman–Crippen LogP) is 3.78. The molecule has 0 saturated carbocycles. The third kappa shape index (κ3) is 4.83. The SMILES string of the molecule is C[C@@H](Sc1ccc([N+](=O)[O-])cc1)C(=O)Nc1ccc(CC#N)cc1. The van der Waals surface area contributed by atoms with Gasteiger partial charge in [-0.05, 0) is 36.8 Å². The van der Waals surface area contributed by atoms with Crippen molar-refractivity contribution in [1.29, 1.82) is 5.26 Å². The Morgan fingerprint density at radius 1 is 1.25 bits per heavy atom. The smallest absolute Gasteiger partial charge is 0.269 e. The fourth-order valence-corrected chi connectivity index (χ4v) is 2.81. The Labute approximate surface area is 143 Å². The van der Waals surface area contributed by atoms with E-state index in [2.05, 4.69) is 11.4 Å². The molecule has 7 heteroatoms. The standard InChI is InChI=1S/C17H15N3O3S/c1-12(24-16-8-6-15(7-9-16)20(22)23)17(21)19-14-4-2-13(3-5-14)10-11-18/h2-9,12H,10H2,1H3,(H,19,21)/t12-/m1/s1. The lowest BCUT2D eigenvalue weighted by molar-refractivity contribution is -0.384. The average Bonchev–Trinajstić information content (AvgIpc) is 2.57. The van der Waals surface area contributed by atoms with Gasteiger partial charge in [0, 0.05) is 22.7 Å². The molecule has 0 aliphatic heterocycles. The van der Waals surface area contributed by atoms with Crippen LogP contribution in [0.2, 0.25) is 0 Å². The molecule has 0 bridgehead atoms. The Morgan fingerprint density at radius 2 is 1.88 bits per heavy atom. The number of nitrogens with zero attached hydrogens (tertiary/aromatic N) is 2. The summed E-state index contributed by atoms with van der Waals surface area (Å²) in [7, 11) is 0. The summed E-state index contributed by atoms with van der Waals surface area (Å²) in [5.74, 6) is -0.161. The first-order chi connectivity index (χ1) is 11.5. The number of nitriles is 1. The van der Waals surface area contributed by atoms with E-state index < -0.39 is 4.92 Å². The van der Waals surface area contributed by atoms with Gasteiger partial charge in [-0.3, -0.25) is 14.9 Å². The third-order valence-corrected chi connectivity index (χ3v) is 4.35. The van der Waals surface area contributed by atoms with Gasteiger partial charge >= 0.3 is 0 Å². The van der Waals surface area contributed by atoms with E-state index in [1.807, 2.05) is 0 Å². The fourth-order valence-electron chi connectivity index (χ4n) is 1.95. The molecular weight excluding hydrogens is 326 g/mol. The summed E-state index contributed by atoms with van der Waals surface area (Å²) in [6.45, 7) is 1.77. The maximum absolute atomic E-state index is 12.2. The fraction of sp³-hybridized carbons (Fsp3) is 0.176. The first kappa shape index (κ1) is 17.5. The minimum absolute atomic E-state index is 0.0221. The van der Waals surface area contributed by atoms with Crippen molar-refractivity contribution < 1.29 is 9.72 Å². The number of nitro groups is 1. The normalized spacial score (nSPS) is 11.3. The van der Waals surface area contributed by atoms with Gasteiger partial charge < -0.3 is 5.32 Å². The molecule has 0 aliphatic carbocycles. The Hall–Kier alpha value is -2.85. The summed E-state index contributed by atoms with van der Waals surface area (Å²) in [6, 6.07) is 15.3. The molecule has 0 saturated heterocycles. The Bertz CT molecular complexity index is 767. The van der Waals surface area contributed by atoms with Gasteiger partial charge in [0.25, 0.3) is 5.69 Å². The van der Waals surface area contributed by atoms with E-state index in [-0.39, 0.29) is 16.8 Å². The van der Waals surface area contributed by atoms with Crippen molar-refractivity contribution in [2.45, 2.75) is 23.5 Å². The second-order valence-electron chi connectivity index (χ2n) is 5.03. The van der Waals surface area contributed by atoms with Crippen molar-refractivity contribution >= 4 is 29.0 Å². The molecule has 0 fully saturated rings. The lowest BCUT2D eigenvalue weighted by atomic mass is 10.1. The second-order valence-corrected chi connectivity index (χ2v) is 6.45. The summed E-state index contributed by atoms with van der Waals surface area (Å²) >= 11 is 1.32. The number of benzene rings is 2. The summed E-state index contributed by atoms with van der Waals surface area (Å²) in [5, 5.41) is 21.7. The maximum Gasteiger partial charge on any atom is 0.269 e. The molecule has 1 atom stereocenters. The first-order valence-electron chi connectivity index (χ1n) is 7.17. The van der Waals surface area contributed by atoms with Crippen molar-refractivity contribution in [3.8, 4) is 6.07 Å². The number of non-ortho nitro benzene ring substituents is 1. The van der Waals surface area contributed by atoms with Crippen molar-refractivity contribution in [3.63, 3.8) is 0 Å². The number of rotatable bonds is 6. The quantitative estimate of drug-likeness (QED) is 0.490. The van der Waals surface area contributed by atoms with Crippen LogP contribution in [0.4, 0.5) is 11.4 Å². The van der Waals surface area contributed by atoms with Crippen LogP contribution >= 0.6 is 11.8 Å². The van der Waals surface area contributed by atoms with Crippen molar-refractivity contribution in [3.05, 3.63) is 64.2 Å². The van der Waals surface area contributed by atoms with Crippen LogP contribution in [0.1, 0.15) is 12.5 Å². The summed E-state index contributed by atoms with van der Waals surface area (Å²) in [5.41, 5.74) is 1.58. The number of carbonyl (C=O) groups is 1. The van der Waals surface area contributed by atoms with Crippen LogP contribution in [-0.4, -0.2) is 16.1 Å². The van der Waals surface area contributed by atoms with Crippen LogP contribution in [0.25, 0.3) is 0 Å². The highest BCUT2D eigenvalue weighted by Gasteiger charge is 2.15. The summed E-state index contributed by atoms with van der Waals surface area (Å²) in [6.07, 6.45) is 0.334. The van der Waals surface area contributed by atoms with Gasteiger partial charge in [0.05, 0.1) is 22.7 Å². The molecular formula is C17H15N3O3S. The zero-order chi connectivity index (χ0) is 17.5. The zero-order valence-corrected chi connectivity index (χ0v) is 13.7. The number of hydrogen-bond acceptors (Lipinski definition) is 5. The molecule has 1 amide bonds. The van der Waals surface area contributed by atoms with Gasteiger partial charge in [-0.15, -0.1) is 11.8 Å². The molecule has 1 N–H and O–H groups in total. The number of nitro benzene ring substituents is 1. The van der Waals surface area contributed by atoms with Gasteiger partial charge in [-0.1, -0.05) is 12.1 Å². The molecule has 2 rings (SSSR count). The Kier molecular flexibility index (Phi) is 5.93. The Balaban J connectivity index is 1.94. The molecule has 0 aliphatic rings. The van der Waals surface area contributed by atoms with E-state index in [0.29, 0.717) is 12.1 Å². The first-order valence-corrected chi connectivity index (χ1v) is 8.05.